The third kappa shape index (κ3) is 3.82. The molecular weight excluding hydrogens is 270 g/mol. The smallest absolute Gasteiger partial charge is 0.390 e. The molecule has 2 unspecified atom stereocenters. The lowest BCUT2D eigenvalue weighted by atomic mass is 10.0. The highest BCUT2D eigenvalue weighted by atomic mass is 19.4. The summed E-state index contributed by atoms with van der Waals surface area (Å²) in [5.41, 5.74) is 6.16. The van der Waals surface area contributed by atoms with Crippen LogP contribution in [0.2, 0.25) is 0 Å². The van der Waals surface area contributed by atoms with Crippen LogP contribution in [0.1, 0.15) is 17.2 Å². The van der Waals surface area contributed by atoms with Crippen LogP contribution in [0, 0.1) is 5.82 Å². The largest absolute Gasteiger partial charge is 0.419 e. The highest BCUT2D eigenvalue weighted by Crippen LogP contribution is 2.33. The Balaban J connectivity index is 3.05. The molecular formula is C10H9F4N3O2. The monoisotopic (exact) mass is 279 g/mol. The molecule has 0 saturated carbocycles. The van der Waals surface area contributed by atoms with Crippen LogP contribution in [0.4, 0.5) is 17.6 Å². The molecule has 1 aromatic carbocycles. The van der Waals surface area contributed by atoms with Gasteiger partial charge in [-0.1, -0.05) is 11.2 Å². The number of halogens is 4. The summed E-state index contributed by atoms with van der Waals surface area (Å²) >= 11 is 0. The molecule has 0 spiro atoms. The quantitative estimate of drug-likeness (QED) is 0.384. The van der Waals surface area contributed by atoms with E-state index >= 15 is 0 Å². The van der Waals surface area contributed by atoms with Crippen molar-refractivity contribution in [3.63, 3.8) is 0 Å². The maximum Gasteiger partial charge on any atom is 0.419 e. The SMILES string of the molecule is [N-]=[N+]=NCC(O)C(O)c1ccc(F)c(C(F)(F)F)c1. The van der Waals surface area contributed by atoms with E-state index in [9.17, 15) is 27.8 Å². The number of azide groups is 1. The summed E-state index contributed by atoms with van der Waals surface area (Å²) in [6.07, 6.45) is -8.20. The summed E-state index contributed by atoms with van der Waals surface area (Å²) in [6.45, 7) is -0.517. The van der Waals surface area contributed by atoms with E-state index in [1.54, 1.807) is 0 Å². The maximum atomic E-state index is 13.0. The van der Waals surface area contributed by atoms with Crippen LogP contribution in [0.25, 0.3) is 10.4 Å². The third-order valence-corrected chi connectivity index (χ3v) is 2.33. The molecule has 2 N–H and O–H groups in total. The van der Waals surface area contributed by atoms with Gasteiger partial charge in [-0.05, 0) is 23.2 Å². The minimum absolute atomic E-state index is 0.325. The van der Waals surface area contributed by atoms with E-state index in [0.717, 1.165) is 6.07 Å². The molecule has 0 saturated heterocycles. The van der Waals surface area contributed by atoms with E-state index < -0.39 is 36.3 Å². The van der Waals surface area contributed by atoms with E-state index in [4.69, 9.17) is 5.53 Å². The molecule has 0 amide bonds. The Labute approximate surface area is 104 Å². The predicted molar refractivity (Wildman–Crippen MR) is 56.4 cm³/mol. The van der Waals surface area contributed by atoms with Gasteiger partial charge in [0.05, 0.1) is 18.2 Å². The Kier molecular flexibility index (Phi) is 4.71. The second kappa shape index (κ2) is 5.87. The summed E-state index contributed by atoms with van der Waals surface area (Å²) in [7, 11) is 0. The Morgan fingerprint density at radius 1 is 1.32 bits per heavy atom. The van der Waals surface area contributed by atoms with E-state index in [2.05, 4.69) is 10.0 Å². The van der Waals surface area contributed by atoms with Gasteiger partial charge in [0.25, 0.3) is 0 Å². The first-order valence-electron chi connectivity index (χ1n) is 5.01. The van der Waals surface area contributed by atoms with Gasteiger partial charge in [0.2, 0.25) is 0 Å². The number of aliphatic hydroxyl groups excluding tert-OH is 2. The van der Waals surface area contributed by atoms with Crippen molar-refractivity contribution in [2.24, 2.45) is 5.11 Å². The van der Waals surface area contributed by atoms with Crippen molar-refractivity contribution in [2.75, 3.05) is 6.54 Å². The Hall–Kier alpha value is -1.83. The fraction of sp³-hybridized carbons (Fsp3) is 0.400. The number of benzene rings is 1. The molecule has 9 heteroatoms. The minimum Gasteiger partial charge on any atom is -0.390 e. The van der Waals surface area contributed by atoms with Gasteiger partial charge in [-0.2, -0.15) is 13.2 Å². The standard InChI is InChI=1S/C10H9F4N3O2/c11-7-2-1-5(3-6(7)10(12,13)14)9(19)8(18)4-16-17-15/h1-3,8-9,18-19H,4H2. The highest BCUT2D eigenvalue weighted by molar-refractivity contribution is 5.29. The number of alkyl halides is 3. The molecule has 5 nitrogen and oxygen atoms in total. The Bertz CT molecular complexity index is 500. The molecule has 1 aromatic rings. The van der Waals surface area contributed by atoms with Crippen molar-refractivity contribution in [2.45, 2.75) is 18.4 Å². The fourth-order valence-electron chi connectivity index (χ4n) is 1.39. The highest BCUT2D eigenvalue weighted by Gasteiger charge is 2.35. The van der Waals surface area contributed by atoms with Gasteiger partial charge >= 0.3 is 6.18 Å². The average molecular weight is 279 g/mol. The molecule has 0 fully saturated rings. The molecule has 0 aromatic heterocycles. The van der Waals surface area contributed by atoms with Crippen LogP contribution in [0.5, 0.6) is 0 Å². The van der Waals surface area contributed by atoms with Crippen LogP contribution < -0.4 is 0 Å². The van der Waals surface area contributed by atoms with E-state index in [0.29, 0.717) is 12.1 Å². The van der Waals surface area contributed by atoms with Gasteiger partial charge in [0.15, 0.2) is 0 Å². The van der Waals surface area contributed by atoms with Crippen LogP contribution in [-0.4, -0.2) is 22.9 Å². The van der Waals surface area contributed by atoms with Crippen LogP contribution >= 0.6 is 0 Å². The lowest BCUT2D eigenvalue weighted by molar-refractivity contribution is -0.140. The maximum absolute atomic E-state index is 13.0. The van der Waals surface area contributed by atoms with Gasteiger partial charge in [0.1, 0.15) is 11.9 Å². The lowest BCUT2D eigenvalue weighted by Gasteiger charge is -2.18. The summed E-state index contributed by atoms with van der Waals surface area (Å²) in [5, 5.41) is 21.9. The van der Waals surface area contributed by atoms with Crippen molar-refractivity contribution >= 4 is 0 Å². The molecule has 0 aliphatic heterocycles. The first-order valence-corrected chi connectivity index (χ1v) is 5.01. The van der Waals surface area contributed by atoms with Gasteiger partial charge < -0.3 is 10.2 Å². The van der Waals surface area contributed by atoms with Gasteiger partial charge in [-0.15, -0.1) is 0 Å². The van der Waals surface area contributed by atoms with Crippen molar-refractivity contribution < 1.29 is 27.8 Å². The van der Waals surface area contributed by atoms with Crippen LogP contribution in [0.3, 0.4) is 0 Å². The number of rotatable bonds is 4. The summed E-state index contributed by atoms with van der Waals surface area (Å²) in [6, 6.07) is 1.86. The van der Waals surface area contributed by atoms with Gasteiger partial charge in [-0.3, -0.25) is 0 Å². The number of hydrogen-bond donors (Lipinski definition) is 2. The lowest BCUT2D eigenvalue weighted by Crippen LogP contribution is -2.22. The van der Waals surface area contributed by atoms with Crippen molar-refractivity contribution in [1.82, 2.24) is 0 Å². The van der Waals surface area contributed by atoms with Crippen molar-refractivity contribution in [3.8, 4) is 0 Å². The molecule has 0 aliphatic carbocycles. The second-order valence-corrected chi connectivity index (χ2v) is 3.66. The summed E-state index contributed by atoms with van der Waals surface area (Å²) < 4.78 is 50.3. The van der Waals surface area contributed by atoms with E-state index in [1.165, 1.54) is 0 Å². The average Bonchev–Trinajstić information content (AvgIpc) is 2.34. The molecule has 0 heterocycles. The van der Waals surface area contributed by atoms with Crippen molar-refractivity contribution in [3.05, 3.63) is 45.6 Å². The number of hydrogen-bond acceptors (Lipinski definition) is 3. The topological polar surface area (TPSA) is 89.2 Å². The van der Waals surface area contributed by atoms with Crippen LogP contribution in [0.15, 0.2) is 23.3 Å². The molecule has 0 aliphatic rings. The molecule has 2 atom stereocenters. The number of nitrogens with zero attached hydrogens (tertiary/aromatic N) is 3. The van der Waals surface area contributed by atoms with E-state index in [1.807, 2.05) is 0 Å². The zero-order valence-corrected chi connectivity index (χ0v) is 9.34. The first kappa shape index (κ1) is 15.2. The molecule has 104 valence electrons. The van der Waals surface area contributed by atoms with Gasteiger partial charge in [0, 0.05) is 4.91 Å². The molecule has 1 rings (SSSR count). The second-order valence-electron chi connectivity index (χ2n) is 3.66. The van der Waals surface area contributed by atoms with E-state index in [-0.39, 0.29) is 5.56 Å². The Morgan fingerprint density at radius 2 is 1.95 bits per heavy atom. The first-order chi connectivity index (χ1) is 8.77. The number of aliphatic hydroxyl groups is 2. The zero-order valence-electron chi connectivity index (χ0n) is 9.34. The minimum atomic E-state index is -4.91. The molecule has 0 bridgehead atoms. The normalized spacial score (nSPS) is 14.6. The fourth-order valence-corrected chi connectivity index (χ4v) is 1.39. The third-order valence-electron chi connectivity index (χ3n) is 2.33. The zero-order chi connectivity index (χ0) is 14.6. The van der Waals surface area contributed by atoms with Crippen LogP contribution in [-0.2, 0) is 6.18 Å². The van der Waals surface area contributed by atoms with Gasteiger partial charge in [-0.25, -0.2) is 4.39 Å². The van der Waals surface area contributed by atoms with Crippen molar-refractivity contribution in [1.29, 1.82) is 0 Å². The Morgan fingerprint density at radius 3 is 2.47 bits per heavy atom. The summed E-state index contributed by atoms with van der Waals surface area (Å²) in [5.74, 6) is -1.48. The predicted octanol–water partition coefficient (Wildman–Crippen LogP) is 2.55. The molecule has 19 heavy (non-hydrogen) atoms. The summed E-state index contributed by atoms with van der Waals surface area (Å²) in [4.78, 5) is 2.34. The molecule has 0 radical (unpaired) electrons.